The second-order valence-corrected chi connectivity index (χ2v) is 4.54. The summed E-state index contributed by atoms with van der Waals surface area (Å²) in [6.07, 6.45) is 3.56. The number of nitrogens with zero attached hydrogens (tertiary/aromatic N) is 1. The van der Waals surface area contributed by atoms with Crippen LogP contribution in [0.4, 0.5) is 0 Å². The first-order valence-electron chi connectivity index (χ1n) is 5.29. The average Bonchev–Trinajstić information content (AvgIpc) is 2.17. The van der Waals surface area contributed by atoms with E-state index in [1.165, 1.54) is 5.56 Å². The number of aliphatic hydroxyl groups is 1. The Morgan fingerprint density at radius 3 is 2.27 bits per heavy atom. The first kappa shape index (κ1) is 12.1. The van der Waals surface area contributed by atoms with Gasteiger partial charge in [0.1, 0.15) is 0 Å². The van der Waals surface area contributed by atoms with Crippen molar-refractivity contribution in [2.75, 3.05) is 0 Å². The zero-order chi connectivity index (χ0) is 11.5. The maximum absolute atomic E-state index is 9.81. The van der Waals surface area contributed by atoms with Crippen LogP contribution in [0, 0.1) is 0 Å². The summed E-state index contributed by atoms with van der Waals surface area (Å²) in [4.78, 5) is 3.98. The van der Waals surface area contributed by atoms with E-state index in [2.05, 4.69) is 17.2 Å². The Hall–Kier alpha value is -0.930. The van der Waals surface area contributed by atoms with E-state index >= 15 is 0 Å². The summed E-state index contributed by atoms with van der Waals surface area (Å²) < 4.78 is 0. The number of nitrogens with one attached hydrogen (secondary N) is 1. The minimum absolute atomic E-state index is 0.0423. The molecule has 3 nitrogen and oxygen atoms in total. The van der Waals surface area contributed by atoms with Crippen molar-refractivity contribution in [2.24, 2.45) is 0 Å². The first-order chi connectivity index (χ1) is 6.91. The van der Waals surface area contributed by atoms with Gasteiger partial charge in [0.25, 0.3) is 0 Å². The molecule has 1 aromatic rings. The van der Waals surface area contributed by atoms with Crippen molar-refractivity contribution in [3.05, 3.63) is 30.1 Å². The van der Waals surface area contributed by atoms with Crippen molar-refractivity contribution in [1.29, 1.82) is 0 Å². The molecule has 1 heterocycles. The molecule has 0 fully saturated rings. The molecule has 3 heteroatoms. The lowest BCUT2D eigenvalue weighted by atomic mass is 9.99. The van der Waals surface area contributed by atoms with E-state index in [-0.39, 0.29) is 12.1 Å². The molecular formula is C12H20N2O. The van der Waals surface area contributed by atoms with E-state index in [9.17, 15) is 5.11 Å². The summed E-state index contributed by atoms with van der Waals surface area (Å²) in [6, 6.07) is 4.22. The van der Waals surface area contributed by atoms with E-state index in [0.29, 0.717) is 0 Å². The van der Waals surface area contributed by atoms with Crippen molar-refractivity contribution in [3.8, 4) is 0 Å². The lowest BCUT2D eigenvalue weighted by Gasteiger charge is -2.30. The molecule has 0 saturated heterocycles. The van der Waals surface area contributed by atoms with Gasteiger partial charge >= 0.3 is 0 Å². The second kappa shape index (κ2) is 4.73. The third-order valence-electron chi connectivity index (χ3n) is 2.77. The van der Waals surface area contributed by atoms with Gasteiger partial charge in [0.15, 0.2) is 0 Å². The van der Waals surface area contributed by atoms with E-state index < -0.39 is 5.60 Å². The number of rotatable bonds is 4. The maximum atomic E-state index is 9.81. The zero-order valence-corrected chi connectivity index (χ0v) is 9.86. The van der Waals surface area contributed by atoms with Gasteiger partial charge in [0, 0.05) is 24.5 Å². The number of hydrogen-bond donors (Lipinski definition) is 2. The molecule has 15 heavy (non-hydrogen) atoms. The van der Waals surface area contributed by atoms with Gasteiger partial charge in [-0.1, -0.05) is 0 Å². The zero-order valence-electron chi connectivity index (χ0n) is 9.86. The SMILES string of the molecule is CC(N[C@H](C)c1ccncc1)C(C)(C)O. The van der Waals surface area contributed by atoms with Crippen LogP contribution in [-0.4, -0.2) is 21.7 Å². The topological polar surface area (TPSA) is 45.2 Å². The molecule has 1 aromatic heterocycles. The predicted octanol–water partition coefficient (Wildman–Crippen LogP) is 1.89. The van der Waals surface area contributed by atoms with Crippen LogP contribution in [0.2, 0.25) is 0 Å². The average molecular weight is 208 g/mol. The summed E-state index contributed by atoms with van der Waals surface area (Å²) in [5, 5.41) is 13.2. The Morgan fingerprint density at radius 1 is 1.27 bits per heavy atom. The van der Waals surface area contributed by atoms with Crippen LogP contribution in [0.15, 0.2) is 24.5 Å². The van der Waals surface area contributed by atoms with E-state index in [4.69, 9.17) is 0 Å². The lowest BCUT2D eigenvalue weighted by Crippen LogP contribution is -2.45. The van der Waals surface area contributed by atoms with Gasteiger partial charge in [-0.2, -0.15) is 0 Å². The summed E-state index contributed by atoms with van der Waals surface area (Å²) >= 11 is 0. The van der Waals surface area contributed by atoms with Crippen LogP contribution in [0.5, 0.6) is 0 Å². The highest BCUT2D eigenvalue weighted by Crippen LogP contribution is 2.15. The molecule has 0 aliphatic carbocycles. The van der Waals surface area contributed by atoms with Gasteiger partial charge in [0.05, 0.1) is 5.60 Å². The molecule has 0 aliphatic heterocycles. The van der Waals surface area contributed by atoms with Gasteiger partial charge in [-0.05, 0) is 45.4 Å². The fraction of sp³-hybridized carbons (Fsp3) is 0.583. The summed E-state index contributed by atoms with van der Waals surface area (Å²) in [5.41, 5.74) is 0.475. The van der Waals surface area contributed by atoms with Crippen molar-refractivity contribution >= 4 is 0 Å². The molecule has 0 aromatic carbocycles. The Labute approximate surface area is 91.5 Å². The normalized spacial score (nSPS) is 16.1. The van der Waals surface area contributed by atoms with Crippen LogP contribution in [0.3, 0.4) is 0 Å². The third kappa shape index (κ3) is 3.61. The van der Waals surface area contributed by atoms with E-state index in [1.54, 1.807) is 12.4 Å². The van der Waals surface area contributed by atoms with Crippen LogP contribution >= 0.6 is 0 Å². The molecule has 0 bridgehead atoms. The lowest BCUT2D eigenvalue weighted by molar-refractivity contribution is 0.0405. The Kier molecular flexibility index (Phi) is 3.83. The molecule has 2 N–H and O–H groups in total. The van der Waals surface area contributed by atoms with Gasteiger partial charge in [-0.15, -0.1) is 0 Å². The number of aromatic nitrogens is 1. The highest BCUT2D eigenvalue weighted by atomic mass is 16.3. The highest BCUT2D eigenvalue weighted by Gasteiger charge is 2.23. The van der Waals surface area contributed by atoms with Crippen LogP contribution in [0.25, 0.3) is 0 Å². The molecule has 1 unspecified atom stereocenters. The van der Waals surface area contributed by atoms with E-state index in [1.807, 2.05) is 32.9 Å². The Balaban J connectivity index is 2.61. The molecule has 1 rings (SSSR count). The smallest absolute Gasteiger partial charge is 0.0741 e. The molecule has 0 radical (unpaired) electrons. The molecule has 2 atom stereocenters. The van der Waals surface area contributed by atoms with Gasteiger partial charge < -0.3 is 10.4 Å². The quantitative estimate of drug-likeness (QED) is 0.794. The summed E-state index contributed by atoms with van der Waals surface area (Å²) in [6.45, 7) is 7.68. The molecular weight excluding hydrogens is 188 g/mol. The minimum Gasteiger partial charge on any atom is -0.389 e. The monoisotopic (exact) mass is 208 g/mol. The Morgan fingerprint density at radius 2 is 1.80 bits per heavy atom. The van der Waals surface area contributed by atoms with Gasteiger partial charge in [-0.3, -0.25) is 4.98 Å². The van der Waals surface area contributed by atoms with Crippen molar-refractivity contribution in [2.45, 2.75) is 45.4 Å². The predicted molar refractivity (Wildman–Crippen MR) is 61.5 cm³/mol. The minimum atomic E-state index is -0.707. The fourth-order valence-electron chi connectivity index (χ4n) is 1.33. The second-order valence-electron chi connectivity index (χ2n) is 4.54. The van der Waals surface area contributed by atoms with Gasteiger partial charge in [-0.25, -0.2) is 0 Å². The Bertz CT molecular complexity index is 292. The number of pyridine rings is 1. The van der Waals surface area contributed by atoms with Crippen LogP contribution in [-0.2, 0) is 0 Å². The molecule has 0 amide bonds. The third-order valence-corrected chi connectivity index (χ3v) is 2.77. The van der Waals surface area contributed by atoms with Gasteiger partial charge in [0.2, 0.25) is 0 Å². The highest BCUT2D eigenvalue weighted by molar-refractivity contribution is 5.14. The van der Waals surface area contributed by atoms with Crippen molar-refractivity contribution in [3.63, 3.8) is 0 Å². The largest absolute Gasteiger partial charge is 0.389 e. The van der Waals surface area contributed by atoms with E-state index in [0.717, 1.165) is 0 Å². The van der Waals surface area contributed by atoms with Crippen LogP contribution < -0.4 is 5.32 Å². The molecule has 84 valence electrons. The van der Waals surface area contributed by atoms with Crippen molar-refractivity contribution < 1.29 is 5.11 Å². The summed E-state index contributed by atoms with van der Waals surface area (Å²) in [5.74, 6) is 0. The molecule has 0 spiro atoms. The molecule has 0 saturated carbocycles. The maximum Gasteiger partial charge on any atom is 0.0741 e. The standard InChI is InChI=1S/C12H20N2O/c1-9(11-5-7-13-8-6-11)14-10(2)12(3,4)15/h5-10,14-15H,1-4H3/t9-,10?/m1/s1. The fourth-order valence-corrected chi connectivity index (χ4v) is 1.33. The number of hydrogen-bond acceptors (Lipinski definition) is 3. The van der Waals surface area contributed by atoms with Crippen LogP contribution in [0.1, 0.15) is 39.3 Å². The first-order valence-corrected chi connectivity index (χ1v) is 5.29. The van der Waals surface area contributed by atoms with Crippen molar-refractivity contribution in [1.82, 2.24) is 10.3 Å². The summed E-state index contributed by atoms with van der Waals surface area (Å²) in [7, 11) is 0. The molecule has 0 aliphatic rings.